The van der Waals surface area contributed by atoms with Crippen molar-refractivity contribution in [1.82, 2.24) is 0 Å². The van der Waals surface area contributed by atoms with Crippen LogP contribution in [0.5, 0.6) is 0 Å². The Morgan fingerprint density at radius 3 is 2.17 bits per heavy atom. The number of nitrogen functional groups attached to an aromatic ring is 1. The first-order valence-electron chi connectivity index (χ1n) is 6.97. The summed E-state index contributed by atoms with van der Waals surface area (Å²) in [5, 5.41) is 2.52. The average Bonchev–Trinajstić information content (AvgIpc) is 2.51. The number of para-hydroxylation sites is 1. The lowest BCUT2D eigenvalue weighted by Crippen LogP contribution is -2.42. The fourth-order valence-electron chi connectivity index (χ4n) is 2.06. The summed E-state index contributed by atoms with van der Waals surface area (Å²) >= 11 is 0. The van der Waals surface area contributed by atoms with Crippen LogP contribution in [-0.4, -0.2) is 17.7 Å². The van der Waals surface area contributed by atoms with Gasteiger partial charge in [-0.3, -0.25) is 14.4 Å². The molecule has 0 spiro atoms. The minimum atomic E-state index is -0.953. The molecule has 0 saturated carbocycles. The zero-order chi connectivity index (χ0) is 17.0. The molecular weight excluding hydrogens is 294 g/mol. The van der Waals surface area contributed by atoms with E-state index in [0.717, 1.165) is 10.5 Å². The molecule has 0 aliphatic rings. The standard InChI is InChI=1S/C17H17N3O3/c1-11-5-3-4-6-15(11)19-16(22)17(23)20(12(2)21)14-9-7-13(18)8-10-14/h3-10H,18H2,1-2H3,(H,19,22). The lowest BCUT2D eigenvalue weighted by Gasteiger charge is -2.19. The van der Waals surface area contributed by atoms with Crippen molar-refractivity contribution in [3.05, 3.63) is 54.1 Å². The number of nitrogens with one attached hydrogen (secondary N) is 1. The Balaban J connectivity index is 2.24. The summed E-state index contributed by atoms with van der Waals surface area (Å²) in [5.41, 5.74) is 7.71. The zero-order valence-electron chi connectivity index (χ0n) is 12.9. The minimum absolute atomic E-state index is 0.289. The number of aryl methyl sites for hydroxylation is 1. The van der Waals surface area contributed by atoms with E-state index in [9.17, 15) is 14.4 Å². The molecule has 3 amide bonds. The smallest absolute Gasteiger partial charge is 0.323 e. The van der Waals surface area contributed by atoms with Crippen LogP contribution in [0.15, 0.2) is 48.5 Å². The summed E-state index contributed by atoms with van der Waals surface area (Å²) in [6.45, 7) is 3.03. The van der Waals surface area contributed by atoms with Gasteiger partial charge in [0.05, 0.1) is 5.69 Å². The van der Waals surface area contributed by atoms with Crippen molar-refractivity contribution in [2.24, 2.45) is 0 Å². The number of nitrogens with zero attached hydrogens (tertiary/aromatic N) is 1. The van der Waals surface area contributed by atoms with Gasteiger partial charge in [-0.1, -0.05) is 18.2 Å². The van der Waals surface area contributed by atoms with Gasteiger partial charge in [0.1, 0.15) is 0 Å². The maximum atomic E-state index is 12.3. The van der Waals surface area contributed by atoms with Crippen LogP contribution in [0.25, 0.3) is 0 Å². The van der Waals surface area contributed by atoms with E-state index in [-0.39, 0.29) is 5.69 Å². The Labute approximate surface area is 133 Å². The van der Waals surface area contributed by atoms with Crippen molar-refractivity contribution in [2.45, 2.75) is 13.8 Å². The molecule has 6 nitrogen and oxygen atoms in total. The number of benzene rings is 2. The monoisotopic (exact) mass is 311 g/mol. The Bertz CT molecular complexity index is 754. The summed E-state index contributed by atoms with van der Waals surface area (Å²) in [5.74, 6) is -2.39. The summed E-state index contributed by atoms with van der Waals surface area (Å²) < 4.78 is 0. The Morgan fingerprint density at radius 2 is 1.61 bits per heavy atom. The summed E-state index contributed by atoms with van der Waals surface area (Å²) in [4.78, 5) is 37.1. The molecule has 2 rings (SSSR count). The minimum Gasteiger partial charge on any atom is -0.399 e. The van der Waals surface area contributed by atoms with Gasteiger partial charge in [-0.15, -0.1) is 0 Å². The number of carbonyl (C=O) groups is 3. The number of nitrogens with two attached hydrogens (primary N) is 1. The van der Waals surface area contributed by atoms with Crippen molar-refractivity contribution >= 4 is 34.8 Å². The number of carbonyl (C=O) groups excluding carboxylic acids is 3. The molecule has 0 bridgehead atoms. The predicted octanol–water partition coefficient (Wildman–Crippen LogP) is 2.10. The maximum Gasteiger partial charge on any atom is 0.323 e. The second-order valence-electron chi connectivity index (χ2n) is 5.02. The van der Waals surface area contributed by atoms with Gasteiger partial charge < -0.3 is 11.1 Å². The summed E-state index contributed by atoms with van der Waals surface area (Å²) in [6.07, 6.45) is 0. The fourth-order valence-corrected chi connectivity index (χ4v) is 2.06. The van der Waals surface area contributed by atoms with E-state index in [2.05, 4.69) is 5.32 Å². The van der Waals surface area contributed by atoms with Crippen LogP contribution < -0.4 is 16.0 Å². The maximum absolute atomic E-state index is 12.3. The first kappa shape index (κ1) is 16.2. The van der Waals surface area contributed by atoms with Gasteiger partial charge in [-0.05, 0) is 42.8 Å². The molecule has 0 heterocycles. The number of rotatable bonds is 2. The Morgan fingerprint density at radius 1 is 1.00 bits per heavy atom. The molecule has 0 aliphatic heterocycles. The molecule has 118 valence electrons. The lowest BCUT2D eigenvalue weighted by atomic mass is 10.2. The van der Waals surface area contributed by atoms with Crippen molar-refractivity contribution < 1.29 is 14.4 Å². The molecular formula is C17H17N3O3. The van der Waals surface area contributed by atoms with Crippen LogP contribution in [0.2, 0.25) is 0 Å². The molecule has 0 atom stereocenters. The number of anilines is 3. The molecule has 2 aromatic carbocycles. The normalized spacial score (nSPS) is 10.0. The van der Waals surface area contributed by atoms with Crippen LogP contribution in [-0.2, 0) is 14.4 Å². The van der Waals surface area contributed by atoms with E-state index < -0.39 is 17.7 Å². The van der Waals surface area contributed by atoms with Crippen molar-refractivity contribution in [3.63, 3.8) is 0 Å². The second-order valence-corrected chi connectivity index (χ2v) is 5.02. The topological polar surface area (TPSA) is 92.5 Å². The highest BCUT2D eigenvalue weighted by atomic mass is 16.2. The van der Waals surface area contributed by atoms with Gasteiger partial charge in [-0.25, -0.2) is 4.90 Å². The number of hydrogen-bond acceptors (Lipinski definition) is 4. The van der Waals surface area contributed by atoms with E-state index in [1.165, 1.54) is 19.1 Å². The number of hydrogen-bond donors (Lipinski definition) is 2. The van der Waals surface area contributed by atoms with Crippen LogP contribution in [0.3, 0.4) is 0 Å². The third-order valence-electron chi connectivity index (χ3n) is 3.26. The Kier molecular flexibility index (Phi) is 4.75. The fraction of sp³-hybridized carbons (Fsp3) is 0.118. The van der Waals surface area contributed by atoms with Gasteiger partial charge in [0.15, 0.2) is 0 Å². The quantitative estimate of drug-likeness (QED) is 0.656. The highest BCUT2D eigenvalue weighted by molar-refractivity contribution is 6.48. The number of amides is 3. The molecule has 0 aliphatic carbocycles. The van der Waals surface area contributed by atoms with Gasteiger partial charge in [0.2, 0.25) is 5.91 Å². The molecule has 3 N–H and O–H groups in total. The van der Waals surface area contributed by atoms with E-state index >= 15 is 0 Å². The van der Waals surface area contributed by atoms with Crippen LogP contribution in [0.4, 0.5) is 17.1 Å². The highest BCUT2D eigenvalue weighted by Gasteiger charge is 2.27. The van der Waals surface area contributed by atoms with E-state index in [1.807, 2.05) is 19.1 Å². The molecule has 0 radical (unpaired) electrons. The van der Waals surface area contributed by atoms with Crippen LogP contribution in [0.1, 0.15) is 12.5 Å². The van der Waals surface area contributed by atoms with E-state index in [0.29, 0.717) is 11.4 Å². The molecule has 0 saturated heterocycles. The third kappa shape index (κ3) is 3.74. The SMILES string of the molecule is CC(=O)N(C(=O)C(=O)Nc1ccccc1C)c1ccc(N)cc1. The molecule has 23 heavy (non-hydrogen) atoms. The molecule has 0 aromatic heterocycles. The second kappa shape index (κ2) is 6.74. The van der Waals surface area contributed by atoms with Crippen molar-refractivity contribution in [2.75, 3.05) is 16.0 Å². The zero-order valence-corrected chi connectivity index (χ0v) is 12.9. The third-order valence-corrected chi connectivity index (χ3v) is 3.26. The van der Waals surface area contributed by atoms with E-state index in [4.69, 9.17) is 5.73 Å². The molecule has 2 aromatic rings. The van der Waals surface area contributed by atoms with Gasteiger partial charge in [0.25, 0.3) is 0 Å². The first-order valence-corrected chi connectivity index (χ1v) is 6.97. The Hall–Kier alpha value is -3.15. The van der Waals surface area contributed by atoms with Gasteiger partial charge in [0, 0.05) is 18.3 Å². The summed E-state index contributed by atoms with van der Waals surface area (Å²) in [6, 6.07) is 13.2. The molecule has 0 unspecified atom stereocenters. The summed E-state index contributed by atoms with van der Waals surface area (Å²) in [7, 11) is 0. The van der Waals surface area contributed by atoms with Crippen LogP contribution >= 0.6 is 0 Å². The number of imide groups is 1. The predicted molar refractivity (Wildman–Crippen MR) is 88.8 cm³/mol. The lowest BCUT2D eigenvalue weighted by molar-refractivity contribution is -0.136. The van der Waals surface area contributed by atoms with Gasteiger partial charge in [-0.2, -0.15) is 0 Å². The first-order chi connectivity index (χ1) is 10.9. The van der Waals surface area contributed by atoms with E-state index in [1.54, 1.807) is 24.3 Å². The van der Waals surface area contributed by atoms with Crippen molar-refractivity contribution in [1.29, 1.82) is 0 Å². The van der Waals surface area contributed by atoms with Crippen LogP contribution in [0, 0.1) is 6.92 Å². The van der Waals surface area contributed by atoms with Crippen molar-refractivity contribution in [3.8, 4) is 0 Å². The van der Waals surface area contributed by atoms with Gasteiger partial charge >= 0.3 is 11.8 Å². The average molecular weight is 311 g/mol. The largest absolute Gasteiger partial charge is 0.399 e. The highest BCUT2D eigenvalue weighted by Crippen LogP contribution is 2.18. The molecule has 6 heteroatoms. The molecule has 0 fully saturated rings.